The summed E-state index contributed by atoms with van der Waals surface area (Å²) in [6.07, 6.45) is -4.60. The SMILES string of the molecule is O=C1CC(N(CCc2ccccc2)C(=S)Nc2ccc(Cl)c(Cl)c2)C(=O)N1c1ccccc1C(F)(F)F. The fourth-order valence-corrected chi connectivity index (χ4v) is 4.72. The number of carbonyl (C=O) groups excluding carboxylic acids is 2. The van der Waals surface area contributed by atoms with Crippen LogP contribution in [0.5, 0.6) is 0 Å². The van der Waals surface area contributed by atoms with Crippen molar-refractivity contribution in [1.82, 2.24) is 4.90 Å². The molecule has 11 heteroatoms. The Labute approximate surface area is 226 Å². The van der Waals surface area contributed by atoms with Crippen LogP contribution in [0, 0.1) is 0 Å². The zero-order valence-corrected chi connectivity index (χ0v) is 21.5. The van der Waals surface area contributed by atoms with Crippen LogP contribution >= 0.6 is 35.4 Å². The Morgan fingerprint density at radius 3 is 2.35 bits per heavy atom. The molecule has 5 nitrogen and oxygen atoms in total. The molecule has 0 spiro atoms. The zero-order chi connectivity index (χ0) is 26.7. The molecule has 0 aliphatic carbocycles. The highest BCUT2D eigenvalue weighted by Crippen LogP contribution is 2.38. The van der Waals surface area contributed by atoms with E-state index in [1.54, 1.807) is 18.2 Å². The molecule has 0 radical (unpaired) electrons. The Hall–Kier alpha value is -3.14. The zero-order valence-electron chi connectivity index (χ0n) is 19.1. The van der Waals surface area contributed by atoms with Gasteiger partial charge in [0.15, 0.2) is 5.11 Å². The summed E-state index contributed by atoms with van der Waals surface area (Å²) < 4.78 is 40.9. The smallest absolute Gasteiger partial charge is 0.336 e. The molecule has 1 saturated heterocycles. The van der Waals surface area contributed by atoms with Crippen LogP contribution in [-0.4, -0.2) is 34.4 Å². The molecule has 3 aromatic carbocycles. The Morgan fingerprint density at radius 2 is 1.68 bits per heavy atom. The third kappa shape index (κ3) is 6.06. The van der Waals surface area contributed by atoms with E-state index < -0.39 is 35.3 Å². The Morgan fingerprint density at radius 1 is 1.00 bits per heavy atom. The number of rotatable bonds is 6. The minimum atomic E-state index is -4.74. The molecule has 1 aliphatic heterocycles. The molecule has 0 aromatic heterocycles. The van der Waals surface area contributed by atoms with E-state index >= 15 is 0 Å². The maximum Gasteiger partial charge on any atom is 0.418 e. The second kappa shape index (κ2) is 11.1. The average molecular weight is 566 g/mol. The summed E-state index contributed by atoms with van der Waals surface area (Å²) >= 11 is 17.7. The number of hydrogen-bond acceptors (Lipinski definition) is 3. The van der Waals surface area contributed by atoms with E-state index in [9.17, 15) is 22.8 Å². The second-order valence-electron chi connectivity index (χ2n) is 8.29. The van der Waals surface area contributed by atoms with Gasteiger partial charge in [0.05, 0.1) is 27.7 Å². The van der Waals surface area contributed by atoms with E-state index in [2.05, 4.69) is 5.32 Å². The summed E-state index contributed by atoms with van der Waals surface area (Å²) in [6.45, 7) is 0.232. The van der Waals surface area contributed by atoms with Crippen molar-refractivity contribution in [2.24, 2.45) is 0 Å². The molecule has 1 atom stereocenters. The number of imide groups is 1. The molecule has 3 aromatic rings. The molecule has 1 unspecified atom stereocenters. The minimum absolute atomic E-state index is 0.117. The molecule has 1 aliphatic rings. The van der Waals surface area contributed by atoms with Crippen LogP contribution in [0.4, 0.5) is 24.5 Å². The third-order valence-electron chi connectivity index (χ3n) is 5.87. The lowest BCUT2D eigenvalue weighted by atomic mass is 10.1. The van der Waals surface area contributed by atoms with Crippen molar-refractivity contribution in [3.05, 3.63) is 94.0 Å². The first-order valence-electron chi connectivity index (χ1n) is 11.2. The monoisotopic (exact) mass is 565 g/mol. The molecular weight excluding hydrogens is 546 g/mol. The van der Waals surface area contributed by atoms with Crippen LogP contribution in [0.1, 0.15) is 17.5 Å². The average Bonchev–Trinajstić information content (AvgIpc) is 3.15. The summed E-state index contributed by atoms with van der Waals surface area (Å²) in [5, 5.41) is 3.74. The standard InChI is InChI=1S/C26H20Cl2F3N3O2S/c27-19-11-10-17(14-20(19)28)32-25(37)33(13-12-16-6-2-1-3-7-16)22-15-23(35)34(24(22)36)21-9-5-4-8-18(21)26(29,30)31/h1-11,14,22H,12-13,15H2,(H,32,37). The quantitative estimate of drug-likeness (QED) is 0.270. The van der Waals surface area contributed by atoms with E-state index in [1.807, 2.05) is 30.3 Å². The van der Waals surface area contributed by atoms with Crippen molar-refractivity contribution in [2.75, 3.05) is 16.8 Å². The van der Waals surface area contributed by atoms with Gasteiger partial charge in [-0.2, -0.15) is 13.2 Å². The number of anilines is 2. The van der Waals surface area contributed by atoms with Crippen molar-refractivity contribution < 1.29 is 22.8 Å². The Kier molecular flexibility index (Phi) is 8.06. The lowest BCUT2D eigenvalue weighted by Crippen LogP contribution is -2.48. The van der Waals surface area contributed by atoms with Crippen molar-refractivity contribution >= 4 is 63.7 Å². The fraction of sp³-hybridized carbons (Fsp3) is 0.192. The molecule has 1 heterocycles. The van der Waals surface area contributed by atoms with Gasteiger partial charge in [-0.05, 0) is 54.5 Å². The summed E-state index contributed by atoms with van der Waals surface area (Å²) in [5.41, 5.74) is -0.107. The maximum absolute atomic E-state index is 13.6. The normalized spacial score (nSPS) is 15.7. The summed E-state index contributed by atoms with van der Waals surface area (Å²) in [4.78, 5) is 28.5. The van der Waals surface area contributed by atoms with Crippen molar-refractivity contribution in [3.8, 4) is 0 Å². The molecule has 192 valence electrons. The minimum Gasteiger partial charge on any atom is -0.336 e. The van der Waals surface area contributed by atoms with Crippen LogP contribution in [-0.2, 0) is 22.2 Å². The van der Waals surface area contributed by atoms with Gasteiger partial charge in [-0.1, -0.05) is 65.7 Å². The van der Waals surface area contributed by atoms with E-state index in [0.29, 0.717) is 22.0 Å². The Bertz CT molecular complexity index is 1340. The van der Waals surface area contributed by atoms with Crippen LogP contribution in [0.3, 0.4) is 0 Å². The maximum atomic E-state index is 13.6. The lowest BCUT2D eigenvalue weighted by molar-refractivity contribution is -0.137. The number of thiocarbonyl (C=S) groups is 1. The van der Waals surface area contributed by atoms with Gasteiger partial charge in [-0.15, -0.1) is 0 Å². The predicted molar refractivity (Wildman–Crippen MR) is 142 cm³/mol. The van der Waals surface area contributed by atoms with Crippen LogP contribution in [0.2, 0.25) is 10.0 Å². The molecule has 37 heavy (non-hydrogen) atoms. The van der Waals surface area contributed by atoms with Crippen LogP contribution in [0.15, 0.2) is 72.8 Å². The van der Waals surface area contributed by atoms with Gasteiger partial charge in [0.25, 0.3) is 5.91 Å². The van der Waals surface area contributed by atoms with Crippen molar-refractivity contribution in [2.45, 2.75) is 25.1 Å². The number of carbonyl (C=O) groups is 2. The number of benzene rings is 3. The molecular formula is C26H20Cl2F3N3O2S. The van der Waals surface area contributed by atoms with E-state index in [0.717, 1.165) is 17.7 Å². The number of nitrogens with one attached hydrogen (secondary N) is 1. The summed E-state index contributed by atoms with van der Waals surface area (Å²) in [6, 6.07) is 17.6. The number of halogens is 5. The van der Waals surface area contributed by atoms with Gasteiger partial charge in [0.1, 0.15) is 6.04 Å². The van der Waals surface area contributed by atoms with Gasteiger partial charge in [0.2, 0.25) is 5.91 Å². The first-order chi connectivity index (χ1) is 17.6. The molecule has 1 N–H and O–H groups in total. The molecule has 0 bridgehead atoms. The first-order valence-corrected chi connectivity index (χ1v) is 12.3. The van der Waals surface area contributed by atoms with Gasteiger partial charge < -0.3 is 10.2 Å². The number of para-hydroxylation sites is 1. The number of hydrogen-bond donors (Lipinski definition) is 1. The van der Waals surface area contributed by atoms with Crippen LogP contribution in [0.25, 0.3) is 0 Å². The predicted octanol–water partition coefficient (Wildman–Crippen LogP) is 6.59. The third-order valence-corrected chi connectivity index (χ3v) is 6.94. The largest absolute Gasteiger partial charge is 0.418 e. The summed E-state index contributed by atoms with van der Waals surface area (Å²) in [5.74, 6) is -1.53. The van der Waals surface area contributed by atoms with Gasteiger partial charge >= 0.3 is 6.18 Å². The first kappa shape index (κ1) is 26.9. The van der Waals surface area contributed by atoms with Crippen molar-refractivity contribution in [1.29, 1.82) is 0 Å². The molecule has 1 fully saturated rings. The number of nitrogens with zero attached hydrogens (tertiary/aromatic N) is 2. The van der Waals surface area contributed by atoms with Gasteiger partial charge in [-0.3, -0.25) is 9.59 Å². The van der Waals surface area contributed by atoms with Crippen LogP contribution < -0.4 is 10.2 Å². The van der Waals surface area contributed by atoms with Gasteiger partial charge in [-0.25, -0.2) is 4.90 Å². The molecule has 4 rings (SSSR count). The van der Waals surface area contributed by atoms with E-state index in [4.69, 9.17) is 35.4 Å². The highest BCUT2D eigenvalue weighted by molar-refractivity contribution is 7.80. The molecule has 2 amide bonds. The highest BCUT2D eigenvalue weighted by atomic mass is 35.5. The van der Waals surface area contributed by atoms with Crippen molar-refractivity contribution in [3.63, 3.8) is 0 Å². The summed E-state index contributed by atoms with van der Waals surface area (Å²) in [7, 11) is 0. The fourth-order valence-electron chi connectivity index (χ4n) is 4.08. The Balaban J connectivity index is 1.64. The number of alkyl halides is 3. The topological polar surface area (TPSA) is 52.7 Å². The van der Waals surface area contributed by atoms with Gasteiger partial charge in [0, 0.05) is 12.2 Å². The van der Waals surface area contributed by atoms with E-state index in [-0.39, 0.29) is 23.1 Å². The lowest BCUT2D eigenvalue weighted by Gasteiger charge is -2.30. The highest BCUT2D eigenvalue weighted by Gasteiger charge is 2.46. The van der Waals surface area contributed by atoms with E-state index in [1.165, 1.54) is 17.0 Å². The number of amides is 2. The molecule has 0 saturated carbocycles. The second-order valence-corrected chi connectivity index (χ2v) is 9.49.